The normalized spacial score (nSPS) is 12.4. The SMILES string of the molecule is CC(C)(N)C(=O)Nc1ccc(C(C)(C)C)cc1. The molecule has 1 amide bonds. The summed E-state index contributed by atoms with van der Waals surface area (Å²) in [7, 11) is 0. The van der Waals surface area contributed by atoms with Crippen LogP contribution in [0.1, 0.15) is 40.2 Å². The van der Waals surface area contributed by atoms with Crippen LogP contribution in [0.5, 0.6) is 0 Å². The van der Waals surface area contributed by atoms with Crippen LogP contribution in [0, 0.1) is 0 Å². The van der Waals surface area contributed by atoms with Crippen LogP contribution < -0.4 is 11.1 Å². The Bertz CT molecular complexity index is 394. The van der Waals surface area contributed by atoms with Gasteiger partial charge in [0, 0.05) is 5.69 Å². The molecule has 0 unspecified atom stereocenters. The fraction of sp³-hybridized carbons (Fsp3) is 0.500. The Balaban J connectivity index is 2.80. The van der Waals surface area contributed by atoms with E-state index in [0.717, 1.165) is 5.69 Å². The molecule has 3 nitrogen and oxygen atoms in total. The highest BCUT2D eigenvalue weighted by molar-refractivity contribution is 5.97. The number of carbonyl (C=O) groups is 1. The third-order valence-electron chi connectivity index (χ3n) is 2.59. The highest BCUT2D eigenvalue weighted by Gasteiger charge is 2.21. The first-order valence-electron chi connectivity index (χ1n) is 5.81. The molecule has 1 aromatic rings. The minimum absolute atomic E-state index is 0.121. The molecule has 0 bridgehead atoms. The topological polar surface area (TPSA) is 55.1 Å². The van der Waals surface area contributed by atoms with E-state index in [0.29, 0.717) is 0 Å². The van der Waals surface area contributed by atoms with Crippen LogP contribution in [0.25, 0.3) is 0 Å². The summed E-state index contributed by atoms with van der Waals surface area (Å²) in [6, 6.07) is 7.87. The van der Waals surface area contributed by atoms with Crippen LogP contribution >= 0.6 is 0 Å². The van der Waals surface area contributed by atoms with Gasteiger partial charge in [-0.05, 0) is 37.0 Å². The standard InChI is InChI=1S/C14H22N2O/c1-13(2,3)10-6-8-11(9-7-10)16-12(17)14(4,5)15/h6-9H,15H2,1-5H3,(H,16,17). The molecule has 94 valence electrons. The second-order valence-electron chi connectivity index (χ2n) is 6.00. The second kappa shape index (κ2) is 4.49. The smallest absolute Gasteiger partial charge is 0.243 e. The molecular formula is C14H22N2O. The fourth-order valence-corrected chi connectivity index (χ4v) is 1.35. The molecule has 0 heterocycles. The number of nitrogens with one attached hydrogen (secondary N) is 1. The third kappa shape index (κ3) is 3.86. The number of anilines is 1. The summed E-state index contributed by atoms with van der Waals surface area (Å²) in [4.78, 5) is 11.7. The van der Waals surface area contributed by atoms with Crippen LogP contribution in [0.15, 0.2) is 24.3 Å². The van der Waals surface area contributed by atoms with E-state index >= 15 is 0 Å². The van der Waals surface area contributed by atoms with E-state index in [1.165, 1.54) is 5.56 Å². The highest BCUT2D eigenvalue weighted by atomic mass is 16.2. The van der Waals surface area contributed by atoms with Crippen molar-refractivity contribution in [2.24, 2.45) is 5.73 Å². The van der Waals surface area contributed by atoms with E-state index in [4.69, 9.17) is 5.73 Å². The van der Waals surface area contributed by atoms with Gasteiger partial charge in [-0.25, -0.2) is 0 Å². The van der Waals surface area contributed by atoms with Gasteiger partial charge < -0.3 is 11.1 Å². The van der Waals surface area contributed by atoms with Crippen molar-refractivity contribution >= 4 is 11.6 Å². The van der Waals surface area contributed by atoms with E-state index in [1.807, 2.05) is 24.3 Å². The number of carbonyl (C=O) groups excluding carboxylic acids is 1. The summed E-state index contributed by atoms with van der Waals surface area (Å²) in [5, 5.41) is 2.80. The Labute approximate surface area is 103 Å². The monoisotopic (exact) mass is 234 g/mol. The summed E-state index contributed by atoms with van der Waals surface area (Å²) >= 11 is 0. The maximum Gasteiger partial charge on any atom is 0.243 e. The Morgan fingerprint density at radius 2 is 1.53 bits per heavy atom. The van der Waals surface area contributed by atoms with Gasteiger partial charge in [0.1, 0.15) is 0 Å². The molecule has 0 aliphatic heterocycles. The van der Waals surface area contributed by atoms with Crippen molar-refractivity contribution in [3.63, 3.8) is 0 Å². The molecule has 0 aromatic heterocycles. The molecule has 3 N–H and O–H groups in total. The average Bonchev–Trinajstić information content (AvgIpc) is 2.15. The predicted molar refractivity (Wildman–Crippen MR) is 72.0 cm³/mol. The molecule has 0 spiro atoms. The number of hydrogen-bond acceptors (Lipinski definition) is 2. The zero-order valence-corrected chi connectivity index (χ0v) is 11.3. The molecule has 0 atom stereocenters. The molecule has 0 radical (unpaired) electrons. The van der Waals surface area contributed by atoms with E-state index in [-0.39, 0.29) is 11.3 Å². The van der Waals surface area contributed by atoms with E-state index in [9.17, 15) is 4.79 Å². The zero-order valence-electron chi connectivity index (χ0n) is 11.3. The molecule has 3 heteroatoms. The Morgan fingerprint density at radius 3 is 1.88 bits per heavy atom. The van der Waals surface area contributed by atoms with E-state index in [1.54, 1.807) is 13.8 Å². The minimum atomic E-state index is -0.858. The Morgan fingerprint density at radius 1 is 1.06 bits per heavy atom. The fourth-order valence-electron chi connectivity index (χ4n) is 1.35. The molecule has 17 heavy (non-hydrogen) atoms. The summed E-state index contributed by atoms with van der Waals surface area (Å²) in [6.07, 6.45) is 0. The number of benzene rings is 1. The summed E-state index contributed by atoms with van der Waals surface area (Å²) in [5.74, 6) is -0.180. The van der Waals surface area contributed by atoms with Gasteiger partial charge in [0.2, 0.25) is 5.91 Å². The van der Waals surface area contributed by atoms with Crippen LogP contribution in [0.4, 0.5) is 5.69 Å². The maximum absolute atomic E-state index is 11.7. The number of nitrogens with two attached hydrogens (primary N) is 1. The molecule has 1 aromatic carbocycles. The number of amides is 1. The largest absolute Gasteiger partial charge is 0.325 e. The van der Waals surface area contributed by atoms with Crippen molar-refractivity contribution in [3.8, 4) is 0 Å². The Hall–Kier alpha value is -1.35. The quantitative estimate of drug-likeness (QED) is 0.826. The summed E-state index contributed by atoms with van der Waals surface area (Å²) < 4.78 is 0. The van der Waals surface area contributed by atoms with Crippen LogP contribution in [-0.2, 0) is 10.2 Å². The Kier molecular flexibility index (Phi) is 3.62. The molecule has 1 rings (SSSR count). The van der Waals surface area contributed by atoms with Crippen LogP contribution in [-0.4, -0.2) is 11.4 Å². The predicted octanol–water partition coefficient (Wildman–Crippen LogP) is 2.66. The first kappa shape index (κ1) is 13.7. The summed E-state index contributed by atoms with van der Waals surface area (Å²) in [6.45, 7) is 9.84. The van der Waals surface area contributed by atoms with Gasteiger partial charge in [-0.15, -0.1) is 0 Å². The van der Waals surface area contributed by atoms with Gasteiger partial charge in [-0.3, -0.25) is 4.79 Å². The lowest BCUT2D eigenvalue weighted by Gasteiger charge is -2.20. The molecule has 0 saturated heterocycles. The van der Waals surface area contributed by atoms with Gasteiger partial charge in [0.15, 0.2) is 0 Å². The van der Waals surface area contributed by atoms with E-state index < -0.39 is 5.54 Å². The van der Waals surface area contributed by atoms with Gasteiger partial charge in [-0.2, -0.15) is 0 Å². The third-order valence-corrected chi connectivity index (χ3v) is 2.59. The molecule has 0 aliphatic rings. The van der Waals surface area contributed by atoms with Crippen molar-refractivity contribution < 1.29 is 4.79 Å². The van der Waals surface area contributed by atoms with Crippen LogP contribution in [0.3, 0.4) is 0 Å². The number of rotatable bonds is 2. The lowest BCUT2D eigenvalue weighted by molar-refractivity contribution is -0.120. The maximum atomic E-state index is 11.7. The van der Waals surface area contributed by atoms with Crippen molar-refractivity contribution in [3.05, 3.63) is 29.8 Å². The molecule has 0 saturated carbocycles. The first-order chi connectivity index (χ1) is 7.60. The van der Waals surface area contributed by atoms with Gasteiger partial charge in [0.05, 0.1) is 5.54 Å². The second-order valence-corrected chi connectivity index (χ2v) is 6.00. The first-order valence-corrected chi connectivity index (χ1v) is 5.81. The molecular weight excluding hydrogens is 212 g/mol. The minimum Gasteiger partial charge on any atom is -0.325 e. The van der Waals surface area contributed by atoms with E-state index in [2.05, 4.69) is 26.1 Å². The van der Waals surface area contributed by atoms with Crippen molar-refractivity contribution in [2.45, 2.75) is 45.6 Å². The lowest BCUT2D eigenvalue weighted by atomic mass is 9.87. The van der Waals surface area contributed by atoms with Gasteiger partial charge in [-0.1, -0.05) is 32.9 Å². The lowest BCUT2D eigenvalue weighted by Crippen LogP contribution is -2.45. The zero-order chi connectivity index (χ0) is 13.3. The number of hydrogen-bond donors (Lipinski definition) is 2. The van der Waals surface area contributed by atoms with Crippen molar-refractivity contribution in [2.75, 3.05) is 5.32 Å². The molecule has 0 aliphatic carbocycles. The van der Waals surface area contributed by atoms with Crippen molar-refractivity contribution in [1.29, 1.82) is 0 Å². The molecule has 0 fully saturated rings. The summed E-state index contributed by atoms with van der Waals surface area (Å²) in [5.41, 5.74) is 6.99. The van der Waals surface area contributed by atoms with Crippen molar-refractivity contribution in [1.82, 2.24) is 0 Å². The average molecular weight is 234 g/mol. The van der Waals surface area contributed by atoms with Gasteiger partial charge >= 0.3 is 0 Å². The van der Waals surface area contributed by atoms with Crippen LogP contribution in [0.2, 0.25) is 0 Å². The highest BCUT2D eigenvalue weighted by Crippen LogP contribution is 2.23. The van der Waals surface area contributed by atoms with Gasteiger partial charge in [0.25, 0.3) is 0 Å².